The molecule has 1 saturated carbocycles. The third kappa shape index (κ3) is 5.55. The molecule has 2 aromatic carbocycles. The average molecular weight is 562 g/mol. The van der Waals surface area contributed by atoms with Gasteiger partial charge in [-0.3, -0.25) is 9.69 Å². The minimum Gasteiger partial charge on any atom is -0.494 e. The summed E-state index contributed by atoms with van der Waals surface area (Å²) in [5.41, 5.74) is 1.79. The van der Waals surface area contributed by atoms with Crippen LogP contribution in [-0.2, 0) is 4.79 Å². The number of thioether (sulfide) groups is 1. The number of para-hydroxylation sites is 1. The molecule has 2 fully saturated rings. The number of hydrogen-bond acceptors (Lipinski definition) is 8. The van der Waals surface area contributed by atoms with E-state index < -0.39 is 0 Å². The van der Waals surface area contributed by atoms with Crippen molar-refractivity contribution in [3.05, 3.63) is 71.3 Å². The minimum atomic E-state index is 0.0125. The number of carbonyl (C=O) groups is 1. The summed E-state index contributed by atoms with van der Waals surface area (Å²) in [5.74, 6) is 1.51. The quantitative estimate of drug-likeness (QED) is 0.211. The maximum absolute atomic E-state index is 13.6. The second kappa shape index (κ2) is 11.4. The SMILES string of the molecule is CCOc1ccc2nc(Sc3ccc(/C=C4\SC(=Nc5ccccc5)N(C5CCCCC5)C4=O)o3)sc2c1. The first kappa shape index (κ1) is 25.3. The van der Waals surface area contributed by atoms with Gasteiger partial charge in [0.15, 0.2) is 14.6 Å². The van der Waals surface area contributed by atoms with Gasteiger partial charge in [-0.05, 0) is 85.8 Å². The molecule has 0 atom stereocenters. The molecule has 2 aromatic heterocycles. The Labute approximate surface area is 234 Å². The molecule has 0 spiro atoms. The fourth-order valence-corrected chi connectivity index (χ4v) is 7.74. The molecule has 194 valence electrons. The van der Waals surface area contributed by atoms with Gasteiger partial charge in [-0.1, -0.05) is 37.5 Å². The van der Waals surface area contributed by atoms with E-state index in [-0.39, 0.29) is 11.9 Å². The van der Waals surface area contributed by atoms with Crippen molar-refractivity contribution in [2.24, 2.45) is 4.99 Å². The molecule has 6 nitrogen and oxygen atoms in total. The largest absolute Gasteiger partial charge is 0.494 e. The number of amidine groups is 1. The van der Waals surface area contributed by atoms with E-state index in [1.165, 1.54) is 29.9 Å². The van der Waals surface area contributed by atoms with Crippen LogP contribution in [0.15, 0.2) is 84.4 Å². The van der Waals surface area contributed by atoms with E-state index >= 15 is 0 Å². The van der Waals surface area contributed by atoms with Gasteiger partial charge in [-0.2, -0.15) is 0 Å². The van der Waals surface area contributed by atoms with Crippen LogP contribution in [0, 0.1) is 0 Å². The Bertz CT molecular complexity index is 1500. The number of fused-ring (bicyclic) bond motifs is 1. The van der Waals surface area contributed by atoms with Crippen LogP contribution in [-0.4, -0.2) is 33.6 Å². The summed E-state index contributed by atoms with van der Waals surface area (Å²) in [6, 6.07) is 19.8. The number of furan rings is 1. The lowest BCUT2D eigenvalue weighted by Gasteiger charge is -2.30. The van der Waals surface area contributed by atoms with Crippen LogP contribution in [0.4, 0.5) is 5.69 Å². The summed E-state index contributed by atoms with van der Waals surface area (Å²) < 4.78 is 13.7. The first-order valence-electron chi connectivity index (χ1n) is 12.8. The number of thiazole rings is 1. The molecule has 3 heterocycles. The second-order valence-electron chi connectivity index (χ2n) is 9.11. The zero-order valence-electron chi connectivity index (χ0n) is 21.0. The molecule has 0 radical (unpaired) electrons. The standard InChI is InChI=1S/C29H27N3O3S3/c1-2-34-21-13-15-23-24(17-21)37-29(31-23)38-26-16-14-22(35-26)18-25-27(33)32(20-11-7-4-8-12-20)28(36-25)30-19-9-5-3-6-10-19/h3,5-6,9-10,13-18,20H,2,4,7-8,11-12H2,1H3/b25-18-,30-28?. The lowest BCUT2D eigenvalue weighted by Crippen LogP contribution is -2.40. The van der Waals surface area contributed by atoms with E-state index in [2.05, 4.69) is 0 Å². The molecule has 0 unspecified atom stereocenters. The summed E-state index contributed by atoms with van der Waals surface area (Å²) in [7, 11) is 0. The van der Waals surface area contributed by atoms with E-state index in [9.17, 15) is 4.79 Å². The van der Waals surface area contributed by atoms with E-state index in [0.29, 0.717) is 17.3 Å². The second-order valence-corrected chi connectivity index (χ2v) is 12.4. The van der Waals surface area contributed by atoms with Crippen molar-refractivity contribution in [3.8, 4) is 5.75 Å². The molecule has 0 N–H and O–H groups in total. The molecular weight excluding hydrogens is 535 g/mol. The Kier molecular flexibility index (Phi) is 7.58. The maximum Gasteiger partial charge on any atom is 0.267 e. The van der Waals surface area contributed by atoms with Gasteiger partial charge in [0, 0.05) is 12.1 Å². The number of amides is 1. The molecule has 0 bridgehead atoms. The van der Waals surface area contributed by atoms with Gasteiger partial charge in [-0.15, -0.1) is 11.3 Å². The monoisotopic (exact) mass is 561 g/mol. The van der Waals surface area contributed by atoms with Gasteiger partial charge in [0.25, 0.3) is 5.91 Å². The first-order valence-corrected chi connectivity index (χ1v) is 15.3. The Morgan fingerprint density at radius 2 is 1.97 bits per heavy atom. The summed E-state index contributed by atoms with van der Waals surface area (Å²) in [4.78, 5) is 25.7. The number of aliphatic imine (C=N–C) groups is 1. The van der Waals surface area contributed by atoms with Gasteiger partial charge in [0.1, 0.15) is 11.5 Å². The highest BCUT2D eigenvalue weighted by Crippen LogP contribution is 2.40. The van der Waals surface area contributed by atoms with Crippen LogP contribution in [0.25, 0.3) is 16.3 Å². The van der Waals surface area contributed by atoms with Crippen molar-refractivity contribution in [2.75, 3.05) is 6.61 Å². The van der Waals surface area contributed by atoms with Gasteiger partial charge in [0.2, 0.25) is 0 Å². The number of benzene rings is 2. The van der Waals surface area contributed by atoms with E-state index in [1.54, 1.807) is 11.3 Å². The van der Waals surface area contributed by atoms with Crippen molar-refractivity contribution < 1.29 is 13.9 Å². The summed E-state index contributed by atoms with van der Waals surface area (Å²) in [5, 5.41) is 1.49. The molecule has 1 aliphatic heterocycles. The lowest BCUT2D eigenvalue weighted by molar-refractivity contribution is -0.124. The lowest BCUT2D eigenvalue weighted by atomic mass is 9.94. The van der Waals surface area contributed by atoms with Crippen LogP contribution < -0.4 is 4.74 Å². The van der Waals surface area contributed by atoms with E-state index in [1.807, 2.05) is 78.6 Å². The van der Waals surface area contributed by atoms with Crippen LogP contribution >= 0.6 is 34.9 Å². The summed E-state index contributed by atoms with van der Waals surface area (Å²) in [6.45, 7) is 2.61. The molecule has 9 heteroatoms. The highest BCUT2D eigenvalue weighted by atomic mass is 32.2. The van der Waals surface area contributed by atoms with Crippen molar-refractivity contribution >= 4 is 67.9 Å². The highest BCUT2D eigenvalue weighted by molar-refractivity contribution is 8.18. The summed E-state index contributed by atoms with van der Waals surface area (Å²) >= 11 is 4.52. The fraction of sp³-hybridized carbons (Fsp3) is 0.276. The molecule has 1 aliphatic carbocycles. The third-order valence-corrected chi connectivity index (χ3v) is 9.45. The Hall–Kier alpha value is -3.01. The molecule has 38 heavy (non-hydrogen) atoms. The Balaban J connectivity index is 1.23. The molecule has 1 saturated heterocycles. The Morgan fingerprint density at radius 3 is 2.79 bits per heavy atom. The predicted octanol–water partition coefficient (Wildman–Crippen LogP) is 8.38. The molecule has 1 amide bonds. The maximum atomic E-state index is 13.6. The zero-order valence-corrected chi connectivity index (χ0v) is 23.4. The smallest absolute Gasteiger partial charge is 0.267 e. The Morgan fingerprint density at radius 1 is 1.13 bits per heavy atom. The molecular formula is C29H27N3O3S3. The van der Waals surface area contributed by atoms with Crippen molar-refractivity contribution in [1.82, 2.24) is 9.88 Å². The topological polar surface area (TPSA) is 67.9 Å². The predicted molar refractivity (Wildman–Crippen MR) is 156 cm³/mol. The van der Waals surface area contributed by atoms with Gasteiger partial charge >= 0.3 is 0 Å². The fourth-order valence-electron chi connectivity index (χ4n) is 4.70. The normalized spacial score (nSPS) is 18.8. The van der Waals surface area contributed by atoms with Crippen molar-refractivity contribution in [3.63, 3.8) is 0 Å². The third-order valence-electron chi connectivity index (χ3n) is 6.47. The highest BCUT2D eigenvalue weighted by Gasteiger charge is 2.38. The number of nitrogens with zero attached hydrogens (tertiary/aromatic N) is 3. The van der Waals surface area contributed by atoms with Gasteiger partial charge in [0.05, 0.1) is 27.4 Å². The molecule has 6 rings (SSSR count). The molecule has 4 aromatic rings. The van der Waals surface area contributed by atoms with Crippen molar-refractivity contribution in [1.29, 1.82) is 0 Å². The number of aromatic nitrogens is 1. The van der Waals surface area contributed by atoms with Crippen molar-refractivity contribution in [2.45, 2.75) is 54.5 Å². The number of hydrogen-bond donors (Lipinski definition) is 0. The van der Waals surface area contributed by atoms with Crippen LogP contribution in [0.1, 0.15) is 44.8 Å². The number of carbonyl (C=O) groups excluding carboxylic acids is 1. The van der Waals surface area contributed by atoms with Crippen LogP contribution in [0.2, 0.25) is 0 Å². The summed E-state index contributed by atoms with van der Waals surface area (Å²) in [6.07, 6.45) is 7.40. The molecule has 2 aliphatic rings. The minimum absolute atomic E-state index is 0.0125. The number of rotatable bonds is 7. The van der Waals surface area contributed by atoms with E-state index in [4.69, 9.17) is 19.1 Å². The average Bonchev–Trinajstić information content (AvgIpc) is 3.63. The number of ether oxygens (including phenoxy) is 1. The van der Waals surface area contributed by atoms with Gasteiger partial charge < -0.3 is 9.15 Å². The first-order chi connectivity index (χ1) is 18.7. The zero-order chi connectivity index (χ0) is 25.9. The van der Waals surface area contributed by atoms with Gasteiger partial charge in [-0.25, -0.2) is 9.98 Å². The van der Waals surface area contributed by atoms with Crippen LogP contribution in [0.3, 0.4) is 0 Å². The van der Waals surface area contributed by atoms with Crippen LogP contribution in [0.5, 0.6) is 5.75 Å². The van der Waals surface area contributed by atoms with E-state index in [0.717, 1.165) is 61.9 Å².